The molecule has 5 heteroatoms. The van der Waals surface area contributed by atoms with E-state index in [4.69, 9.17) is 14.2 Å². The molecule has 1 rings (SSSR count). The zero-order valence-electron chi connectivity index (χ0n) is 12.1. The van der Waals surface area contributed by atoms with Crippen LogP contribution in [0.5, 0.6) is 0 Å². The highest BCUT2D eigenvalue weighted by molar-refractivity contribution is 5.76. The lowest BCUT2D eigenvalue weighted by Crippen LogP contribution is -2.51. The van der Waals surface area contributed by atoms with E-state index >= 15 is 0 Å². The van der Waals surface area contributed by atoms with Crippen LogP contribution in [0.4, 0.5) is 0 Å². The third kappa shape index (κ3) is 6.33. The summed E-state index contributed by atoms with van der Waals surface area (Å²) in [5.41, 5.74) is 0. The molecule has 0 radical (unpaired) electrons. The monoisotopic (exact) mass is 261 g/mol. The Morgan fingerprint density at radius 3 is 2.67 bits per heavy atom. The number of ether oxygens (including phenoxy) is 3. The standard InChI is InChI=1S/C11H21NO4.C2H6/c1-3-14-7-5-12-6-8-15-9-10(12)11(13)16-4-2;1-2/h10H,3-9H2,1-2H3;1-2H3. The maximum absolute atomic E-state index is 11.7. The summed E-state index contributed by atoms with van der Waals surface area (Å²) in [7, 11) is 0. The van der Waals surface area contributed by atoms with Crippen molar-refractivity contribution in [2.24, 2.45) is 0 Å². The second kappa shape index (κ2) is 11.4. The van der Waals surface area contributed by atoms with Crippen LogP contribution >= 0.6 is 0 Å². The molecule has 1 aliphatic heterocycles. The summed E-state index contributed by atoms with van der Waals surface area (Å²) < 4.78 is 15.6. The van der Waals surface area contributed by atoms with Gasteiger partial charge in [0, 0.05) is 19.7 Å². The minimum atomic E-state index is -0.269. The van der Waals surface area contributed by atoms with Crippen LogP contribution in [0.25, 0.3) is 0 Å². The van der Waals surface area contributed by atoms with Gasteiger partial charge >= 0.3 is 5.97 Å². The van der Waals surface area contributed by atoms with E-state index < -0.39 is 0 Å². The number of hydrogen-bond donors (Lipinski definition) is 0. The van der Waals surface area contributed by atoms with Gasteiger partial charge in [-0.05, 0) is 13.8 Å². The van der Waals surface area contributed by atoms with E-state index in [0.29, 0.717) is 33.0 Å². The van der Waals surface area contributed by atoms with E-state index in [1.807, 2.05) is 27.7 Å². The summed E-state index contributed by atoms with van der Waals surface area (Å²) in [4.78, 5) is 13.7. The highest BCUT2D eigenvalue weighted by Gasteiger charge is 2.30. The summed E-state index contributed by atoms with van der Waals surface area (Å²) in [6, 6.07) is -0.269. The molecular formula is C13H27NO4. The first-order valence-corrected chi connectivity index (χ1v) is 6.85. The van der Waals surface area contributed by atoms with Crippen LogP contribution in [0.3, 0.4) is 0 Å². The fraction of sp³-hybridized carbons (Fsp3) is 0.923. The van der Waals surface area contributed by atoms with E-state index in [9.17, 15) is 4.79 Å². The fourth-order valence-electron chi connectivity index (χ4n) is 1.69. The summed E-state index contributed by atoms with van der Waals surface area (Å²) in [6.07, 6.45) is 0. The van der Waals surface area contributed by atoms with Crippen molar-refractivity contribution < 1.29 is 19.0 Å². The van der Waals surface area contributed by atoms with Crippen molar-refractivity contribution in [1.29, 1.82) is 0 Å². The molecule has 0 aliphatic carbocycles. The average Bonchev–Trinajstić information content (AvgIpc) is 2.42. The highest BCUT2D eigenvalue weighted by atomic mass is 16.5. The predicted octanol–water partition coefficient (Wildman–Crippen LogP) is 1.31. The maximum Gasteiger partial charge on any atom is 0.325 e. The van der Waals surface area contributed by atoms with Crippen LogP contribution in [-0.2, 0) is 19.0 Å². The number of rotatable bonds is 6. The second-order valence-corrected chi connectivity index (χ2v) is 3.58. The van der Waals surface area contributed by atoms with E-state index in [-0.39, 0.29) is 12.0 Å². The van der Waals surface area contributed by atoms with Crippen molar-refractivity contribution in [2.45, 2.75) is 33.7 Å². The molecule has 1 unspecified atom stereocenters. The summed E-state index contributed by atoms with van der Waals surface area (Å²) in [6.45, 7) is 12.1. The minimum absolute atomic E-state index is 0.196. The van der Waals surface area contributed by atoms with Gasteiger partial charge in [0.1, 0.15) is 6.04 Å². The lowest BCUT2D eigenvalue weighted by molar-refractivity contribution is -0.156. The van der Waals surface area contributed by atoms with Crippen molar-refractivity contribution in [1.82, 2.24) is 4.90 Å². The fourth-order valence-corrected chi connectivity index (χ4v) is 1.69. The Morgan fingerprint density at radius 1 is 1.33 bits per heavy atom. The van der Waals surface area contributed by atoms with E-state index in [1.54, 1.807) is 0 Å². The smallest absolute Gasteiger partial charge is 0.325 e. The normalized spacial score (nSPS) is 19.9. The Bertz CT molecular complexity index is 211. The van der Waals surface area contributed by atoms with Gasteiger partial charge in [-0.3, -0.25) is 9.69 Å². The molecule has 5 nitrogen and oxygen atoms in total. The molecule has 0 saturated carbocycles. The summed E-state index contributed by atoms with van der Waals surface area (Å²) in [5.74, 6) is -0.196. The largest absolute Gasteiger partial charge is 0.465 e. The van der Waals surface area contributed by atoms with Gasteiger partial charge in [-0.15, -0.1) is 0 Å². The van der Waals surface area contributed by atoms with Gasteiger partial charge in [0.2, 0.25) is 0 Å². The Balaban J connectivity index is 0.00000137. The molecule has 0 aromatic carbocycles. The van der Waals surface area contributed by atoms with Crippen molar-refractivity contribution in [3.63, 3.8) is 0 Å². The van der Waals surface area contributed by atoms with Crippen molar-refractivity contribution in [3.8, 4) is 0 Å². The van der Waals surface area contributed by atoms with E-state index in [1.165, 1.54) is 0 Å². The van der Waals surface area contributed by atoms with Gasteiger partial charge in [0.25, 0.3) is 0 Å². The van der Waals surface area contributed by atoms with Gasteiger partial charge in [-0.2, -0.15) is 0 Å². The molecule has 1 heterocycles. The number of morpholine rings is 1. The Hall–Kier alpha value is -0.650. The van der Waals surface area contributed by atoms with Crippen LogP contribution in [0.15, 0.2) is 0 Å². The lowest BCUT2D eigenvalue weighted by Gasteiger charge is -2.33. The number of carbonyl (C=O) groups is 1. The summed E-state index contributed by atoms with van der Waals surface area (Å²) in [5, 5.41) is 0. The molecule has 1 aliphatic rings. The molecule has 0 aromatic rings. The van der Waals surface area contributed by atoms with Crippen LogP contribution in [-0.4, -0.2) is 63.0 Å². The zero-order valence-corrected chi connectivity index (χ0v) is 12.1. The highest BCUT2D eigenvalue weighted by Crippen LogP contribution is 2.08. The molecule has 108 valence electrons. The number of carbonyl (C=O) groups excluding carboxylic acids is 1. The van der Waals surface area contributed by atoms with E-state index in [2.05, 4.69) is 4.90 Å². The van der Waals surface area contributed by atoms with Crippen LogP contribution < -0.4 is 0 Å². The van der Waals surface area contributed by atoms with Crippen molar-refractivity contribution >= 4 is 5.97 Å². The van der Waals surface area contributed by atoms with Gasteiger partial charge in [-0.25, -0.2) is 0 Å². The molecular weight excluding hydrogens is 234 g/mol. The topological polar surface area (TPSA) is 48.0 Å². The Kier molecular flexibility index (Phi) is 11.0. The van der Waals surface area contributed by atoms with Crippen molar-refractivity contribution in [3.05, 3.63) is 0 Å². The van der Waals surface area contributed by atoms with Crippen LogP contribution in [0.1, 0.15) is 27.7 Å². The molecule has 18 heavy (non-hydrogen) atoms. The molecule has 1 atom stereocenters. The molecule has 1 fully saturated rings. The van der Waals surface area contributed by atoms with Gasteiger partial charge < -0.3 is 14.2 Å². The summed E-state index contributed by atoms with van der Waals surface area (Å²) >= 11 is 0. The molecule has 1 saturated heterocycles. The van der Waals surface area contributed by atoms with Gasteiger partial charge in [0.05, 0.1) is 26.4 Å². The Morgan fingerprint density at radius 2 is 2.06 bits per heavy atom. The Labute approximate surface area is 110 Å². The third-order valence-electron chi connectivity index (χ3n) is 2.52. The number of esters is 1. The van der Waals surface area contributed by atoms with E-state index in [0.717, 1.165) is 13.1 Å². The number of hydrogen-bond acceptors (Lipinski definition) is 5. The SMILES string of the molecule is CC.CCOCCN1CCOCC1C(=O)OCC. The molecule has 0 amide bonds. The molecule has 0 spiro atoms. The zero-order chi connectivity index (χ0) is 13.8. The van der Waals surface area contributed by atoms with Gasteiger partial charge in [0.15, 0.2) is 0 Å². The minimum Gasteiger partial charge on any atom is -0.465 e. The van der Waals surface area contributed by atoms with Crippen molar-refractivity contribution in [2.75, 3.05) is 46.1 Å². The average molecular weight is 261 g/mol. The van der Waals surface area contributed by atoms with Crippen LogP contribution in [0.2, 0.25) is 0 Å². The quantitative estimate of drug-likeness (QED) is 0.533. The second-order valence-electron chi connectivity index (χ2n) is 3.58. The third-order valence-corrected chi connectivity index (χ3v) is 2.52. The first-order valence-electron chi connectivity index (χ1n) is 6.85. The number of nitrogens with zero attached hydrogens (tertiary/aromatic N) is 1. The predicted molar refractivity (Wildman–Crippen MR) is 70.7 cm³/mol. The molecule has 0 N–H and O–H groups in total. The maximum atomic E-state index is 11.7. The first kappa shape index (κ1) is 17.4. The molecule has 0 aromatic heterocycles. The van der Waals surface area contributed by atoms with Gasteiger partial charge in [-0.1, -0.05) is 13.8 Å². The van der Waals surface area contributed by atoms with Crippen LogP contribution in [0, 0.1) is 0 Å². The first-order chi connectivity index (χ1) is 8.79. The lowest BCUT2D eigenvalue weighted by atomic mass is 10.2. The molecule has 0 bridgehead atoms.